The van der Waals surface area contributed by atoms with Gasteiger partial charge in [-0.15, -0.1) is 0 Å². The summed E-state index contributed by atoms with van der Waals surface area (Å²) in [7, 11) is 1.82. The van der Waals surface area contributed by atoms with Crippen LogP contribution < -0.4 is 0 Å². The lowest BCUT2D eigenvalue weighted by atomic mass is 9.95. The number of carbonyl (C=O) groups is 1. The van der Waals surface area contributed by atoms with Gasteiger partial charge < -0.3 is 9.64 Å². The van der Waals surface area contributed by atoms with Crippen LogP contribution in [0.3, 0.4) is 0 Å². The number of ether oxygens (including phenoxy) is 1. The van der Waals surface area contributed by atoms with Gasteiger partial charge in [0.1, 0.15) is 6.61 Å². The second-order valence-corrected chi connectivity index (χ2v) is 9.01. The van der Waals surface area contributed by atoms with E-state index in [2.05, 4.69) is 0 Å². The molecular formula is C15H18ClNO4S. The Labute approximate surface area is 134 Å². The van der Waals surface area contributed by atoms with Gasteiger partial charge in [-0.25, -0.2) is 13.2 Å². The molecule has 2 fully saturated rings. The predicted molar refractivity (Wildman–Crippen MR) is 83.0 cm³/mol. The monoisotopic (exact) mass is 343 g/mol. The molecule has 3 rings (SSSR count). The number of halogens is 1. The molecule has 22 heavy (non-hydrogen) atoms. The minimum Gasteiger partial charge on any atom is -0.445 e. The molecule has 0 radical (unpaired) electrons. The first-order chi connectivity index (χ1) is 10.4. The van der Waals surface area contributed by atoms with Gasteiger partial charge in [-0.1, -0.05) is 30.3 Å². The summed E-state index contributed by atoms with van der Waals surface area (Å²) in [5, 5.41) is 0. The van der Waals surface area contributed by atoms with Crippen LogP contribution in [0.25, 0.3) is 0 Å². The molecule has 1 heterocycles. The SMILES string of the molecule is O=C(OCc1ccccc1)N1CC(CS(=O)(=O)Cl)C2(CC2)C1. The van der Waals surface area contributed by atoms with E-state index in [1.54, 1.807) is 4.90 Å². The molecule has 1 atom stereocenters. The van der Waals surface area contributed by atoms with Crippen LogP contribution in [0.4, 0.5) is 4.79 Å². The number of hydrogen-bond acceptors (Lipinski definition) is 4. The second kappa shape index (κ2) is 5.74. The van der Waals surface area contributed by atoms with Gasteiger partial charge in [0.2, 0.25) is 9.05 Å². The Hall–Kier alpha value is -1.27. The van der Waals surface area contributed by atoms with Crippen molar-refractivity contribution >= 4 is 25.8 Å². The number of benzene rings is 1. The van der Waals surface area contributed by atoms with Crippen molar-refractivity contribution in [3.8, 4) is 0 Å². The van der Waals surface area contributed by atoms with Gasteiger partial charge in [0.25, 0.3) is 0 Å². The zero-order valence-corrected chi connectivity index (χ0v) is 13.6. The number of likely N-dealkylation sites (tertiary alicyclic amines) is 1. The molecule has 1 aliphatic heterocycles. The molecule has 1 aromatic carbocycles. The molecule has 1 saturated carbocycles. The Morgan fingerprint density at radius 1 is 1.32 bits per heavy atom. The van der Waals surface area contributed by atoms with Crippen molar-refractivity contribution in [2.45, 2.75) is 19.4 Å². The van der Waals surface area contributed by atoms with Gasteiger partial charge >= 0.3 is 6.09 Å². The molecule has 0 N–H and O–H groups in total. The topological polar surface area (TPSA) is 63.7 Å². The van der Waals surface area contributed by atoms with E-state index < -0.39 is 9.05 Å². The van der Waals surface area contributed by atoms with E-state index in [4.69, 9.17) is 15.4 Å². The summed E-state index contributed by atoms with van der Waals surface area (Å²) < 4.78 is 28.0. The summed E-state index contributed by atoms with van der Waals surface area (Å²) >= 11 is 0. The van der Waals surface area contributed by atoms with E-state index in [1.807, 2.05) is 30.3 Å². The average molecular weight is 344 g/mol. The quantitative estimate of drug-likeness (QED) is 0.788. The largest absolute Gasteiger partial charge is 0.445 e. The van der Waals surface area contributed by atoms with Gasteiger partial charge in [-0.05, 0) is 29.7 Å². The lowest BCUT2D eigenvalue weighted by Gasteiger charge is -2.16. The predicted octanol–water partition coefficient (Wildman–Crippen LogP) is 2.60. The lowest BCUT2D eigenvalue weighted by molar-refractivity contribution is 0.102. The van der Waals surface area contributed by atoms with Crippen LogP contribution in [-0.4, -0.2) is 38.3 Å². The van der Waals surface area contributed by atoms with E-state index >= 15 is 0 Å². The van der Waals surface area contributed by atoms with Crippen LogP contribution in [0.2, 0.25) is 0 Å². The van der Waals surface area contributed by atoms with Crippen molar-refractivity contribution in [3.63, 3.8) is 0 Å². The molecular weight excluding hydrogens is 326 g/mol. The number of nitrogens with zero attached hydrogens (tertiary/aromatic N) is 1. The zero-order chi connectivity index (χ0) is 15.8. The van der Waals surface area contributed by atoms with Crippen molar-refractivity contribution in [2.24, 2.45) is 11.3 Å². The molecule has 1 aromatic rings. The molecule has 7 heteroatoms. The molecule has 5 nitrogen and oxygen atoms in total. The highest BCUT2D eigenvalue weighted by molar-refractivity contribution is 8.13. The molecule has 1 aliphatic carbocycles. The normalized spacial score (nSPS) is 22.8. The Bertz CT molecular complexity index is 657. The number of amides is 1. The summed E-state index contributed by atoms with van der Waals surface area (Å²) in [6.45, 7) is 1.19. The summed E-state index contributed by atoms with van der Waals surface area (Å²) in [4.78, 5) is 13.8. The number of rotatable bonds is 4. The van der Waals surface area contributed by atoms with Crippen LogP contribution in [0.1, 0.15) is 18.4 Å². The Balaban J connectivity index is 1.58. The van der Waals surface area contributed by atoms with Crippen LogP contribution in [0, 0.1) is 11.3 Å². The Morgan fingerprint density at radius 3 is 2.59 bits per heavy atom. The zero-order valence-electron chi connectivity index (χ0n) is 12.1. The molecule has 1 unspecified atom stereocenters. The van der Waals surface area contributed by atoms with E-state index in [9.17, 15) is 13.2 Å². The van der Waals surface area contributed by atoms with Crippen LogP contribution >= 0.6 is 10.7 Å². The van der Waals surface area contributed by atoms with E-state index in [0.717, 1.165) is 18.4 Å². The van der Waals surface area contributed by atoms with Crippen molar-refractivity contribution in [1.82, 2.24) is 4.90 Å². The molecule has 1 amide bonds. The fourth-order valence-electron chi connectivity index (χ4n) is 3.18. The molecule has 120 valence electrons. The third-order valence-electron chi connectivity index (χ3n) is 4.57. The smallest absolute Gasteiger partial charge is 0.410 e. The summed E-state index contributed by atoms with van der Waals surface area (Å²) in [6, 6.07) is 9.46. The summed E-state index contributed by atoms with van der Waals surface area (Å²) in [5.41, 5.74) is 0.865. The van der Waals surface area contributed by atoms with Gasteiger partial charge in [-0.3, -0.25) is 0 Å². The average Bonchev–Trinajstić information content (AvgIpc) is 3.15. The first-order valence-corrected chi connectivity index (χ1v) is 9.74. The van der Waals surface area contributed by atoms with Gasteiger partial charge in [0, 0.05) is 23.8 Å². The highest BCUT2D eigenvalue weighted by Crippen LogP contribution is 2.56. The second-order valence-electron chi connectivity index (χ2n) is 6.19. The summed E-state index contributed by atoms with van der Waals surface area (Å²) in [5.74, 6) is -0.156. The Kier molecular flexibility index (Phi) is 4.07. The Morgan fingerprint density at radius 2 is 2.00 bits per heavy atom. The van der Waals surface area contributed by atoms with Gasteiger partial charge in [0.05, 0.1) is 5.75 Å². The van der Waals surface area contributed by atoms with Gasteiger partial charge in [-0.2, -0.15) is 0 Å². The highest BCUT2D eigenvalue weighted by Gasteiger charge is 2.56. The van der Waals surface area contributed by atoms with Gasteiger partial charge in [0.15, 0.2) is 0 Å². The fourth-order valence-corrected chi connectivity index (χ4v) is 4.58. The van der Waals surface area contributed by atoms with Crippen molar-refractivity contribution in [3.05, 3.63) is 35.9 Å². The maximum atomic E-state index is 12.2. The highest BCUT2D eigenvalue weighted by atomic mass is 35.7. The molecule has 1 spiro atoms. The van der Waals surface area contributed by atoms with E-state index in [0.29, 0.717) is 13.1 Å². The molecule has 0 aromatic heterocycles. The molecule has 0 bridgehead atoms. The third kappa shape index (κ3) is 3.55. The summed E-state index contributed by atoms with van der Waals surface area (Å²) in [6.07, 6.45) is 1.52. The maximum absolute atomic E-state index is 12.2. The first-order valence-electron chi connectivity index (χ1n) is 7.26. The van der Waals surface area contributed by atoms with E-state index in [1.165, 1.54) is 0 Å². The van der Waals surface area contributed by atoms with Crippen LogP contribution in [-0.2, 0) is 20.4 Å². The number of carbonyl (C=O) groups excluding carboxylic acids is 1. The lowest BCUT2D eigenvalue weighted by Crippen LogP contribution is -2.30. The van der Waals surface area contributed by atoms with Crippen LogP contribution in [0.5, 0.6) is 0 Å². The maximum Gasteiger partial charge on any atom is 0.410 e. The van der Waals surface area contributed by atoms with Crippen molar-refractivity contribution in [1.29, 1.82) is 0 Å². The molecule has 1 saturated heterocycles. The molecule has 2 aliphatic rings. The van der Waals surface area contributed by atoms with Crippen LogP contribution in [0.15, 0.2) is 30.3 Å². The van der Waals surface area contributed by atoms with E-state index in [-0.39, 0.29) is 29.8 Å². The van der Waals surface area contributed by atoms with Crippen molar-refractivity contribution < 1.29 is 17.9 Å². The third-order valence-corrected chi connectivity index (χ3v) is 5.75. The van der Waals surface area contributed by atoms with Crippen molar-refractivity contribution in [2.75, 3.05) is 18.8 Å². The first kappa shape index (κ1) is 15.6. The standard InChI is InChI=1S/C15H18ClNO4S/c16-22(19,20)10-13-8-17(11-15(13)6-7-15)14(18)21-9-12-4-2-1-3-5-12/h1-5,13H,6-11H2. The number of hydrogen-bond donors (Lipinski definition) is 0. The fraction of sp³-hybridized carbons (Fsp3) is 0.533. The minimum absolute atomic E-state index is 0.0618. The minimum atomic E-state index is -3.55.